The maximum Gasteiger partial charge on any atom is 0.302 e. The normalized spacial score (nSPS) is 14.8. The van der Waals surface area contributed by atoms with Crippen molar-refractivity contribution in [2.45, 2.75) is 25.7 Å². The van der Waals surface area contributed by atoms with Gasteiger partial charge in [0.2, 0.25) is 0 Å². The number of guanidine groups is 1. The molecule has 0 unspecified atom stereocenters. The first-order valence-corrected chi connectivity index (χ1v) is 8.16. The Morgan fingerprint density at radius 1 is 1.16 bits per heavy atom. The number of nitrogen functional groups attached to an aromatic ring is 1. The van der Waals surface area contributed by atoms with Gasteiger partial charge in [0, 0.05) is 13.1 Å². The first-order chi connectivity index (χ1) is 12.1. The molecule has 1 fully saturated rings. The van der Waals surface area contributed by atoms with Crippen molar-refractivity contribution in [1.82, 2.24) is 9.97 Å². The second-order valence-electron chi connectivity index (χ2n) is 5.85. The molecule has 0 spiro atoms. The zero-order valence-corrected chi connectivity index (χ0v) is 13.8. The van der Waals surface area contributed by atoms with Crippen LogP contribution in [0.3, 0.4) is 0 Å². The Kier molecular flexibility index (Phi) is 4.82. The number of carbonyl (C=O) groups is 1. The summed E-state index contributed by atoms with van der Waals surface area (Å²) in [7, 11) is 0. The highest BCUT2D eigenvalue weighted by atomic mass is 16.3. The number of nitrogens with two attached hydrogens (primary N) is 3. The minimum Gasteiger partial charge on any atom is -0.463 e. The SMILES string of the molecule is NC(N)=NC(=O)c1nc(-c2ccco2)c(N2CCCCCC2)nc1N. The molecular formula is C16H21N7O2. The molecule has 9 nitrogen and oxygen atoms in total. The van der Waals surface area contributed by atoms with E-state index < -0.39 is 5.91 Å². The van der Waals surface area contributed by atoms with Crippen molar-refractivity contribution in [2.75, 3.05) is 23.7 Å². The summed E-state index contributed by atoms with van der Waals surface area (Å²) in [5.74, 6) is 0.00761. The number of rotatable bonds is 3. The number of hydrogen-bond acceptors (Lipinski definition) is 6. The Bertz CT molecular complexity index is 774. The lowest BCUT2D eigenvalue weighted by molar-refractivity contribution is 0.0998. The standard InChI is InChI=1S/C16H21N7O2/c17-13-12(15(24)22-16(18)19)20-11(10-6-5-9-25-10)14(21-13)23-7-3-1-2-4-8-23/h5-6,9H,1-4,7-8H2,(H2,17,21)(H4,18,19,22,24). The Hall–Kier alpha value is -3.10. The fourth-order valence-electron chi connectivity index (χ4n) is 2.85. The number of carbonyl (C=O) groups excluding carboxylic acids is 1. The number of aliphatic imine (C=N–C) groups is 1. The molecule has 0 saturated carbocycles. The summed E-state index contributed by atoms with van der Waals surface area (Å²) < 4.78 is 5.47. The molecular weight excluding hydrogens is 322 g/mol. The molecule has 3 heterocycles. The molecule has 1 aliphatic rings. The molecule has 0 radical (unpaired) electrons. The third-order valence-corrected chi connectivity index (χ3v) is 4.00. The number of amides is 1. The minimum atomic E-state index is -0.736. The maximum absolute atomic E-state index is 12.2. The highest BCUT2D eigenvalue weighted by Crippen LogP contribution is 2.31. The van der Waals surface area contributed by atoms with Crippen LogP contribution in [0.4, 0.5) is 11.6 Å². The van der Waals surface area contributed by atoms with Gasteiger partial charge in [-0.2, -0.15) is 4.99 Å². The van der Waals surface area contributed by atoms with Crippen molar-refractivity contribution in [3.8, 4) is 11.5 Å². The average molecular weight is 343 g/mol. The Morgan fingerprint density at radius 3 is 2.48 bits per heavy atom. The van der Waals surface area contributed by atoms with E-state index in [1.54, 1.807) is 12.1 Å². The van der Waals surface area contributed by atoms with Crippen LogP contribution in [-0.2, 0) is 0 Å². The molecule has 2 aromatic heterocycles. The van der Waals surface area contributed by atoms with Gasteiger partial charge in [-0.3, -0.25) is 4.79 Å². The van der Waals surface area contributed by atoms with E-state index in [4.69, 9.17) is 21.6 Å². The first-order valence-electron chi connectivity index (χ1n) is 8.16. The highest BCUT2D eigenvalue weighted by molar-refractivity contribution is 6.03. The van der Waals surface area contributed by atoms with Gasteiger partial charge in [-0.15, -0.1) is 0 Å². The summed E-state index contributed by atoms with van der Waals surface area (Å²) in [6, 6.07) is 3.51. The van der Waals surface area contributed by atoms with E-state index in [0.717, 1.165) is 25.9 Å². The third kappa shape index (κ3) is 3.70. The van der Waals surface area contributed by atoms with Crippen molar-refractivity contribution in [3.63, 3.8) is 0 Å². The van der Waals surface area contributed by atoms with Gasteiger partial charge in [0.15, 0.2) is 29.0 Å². The summed E-state index contributed by atoms with van der Waals surface area (Å²) in [5.41, 5.74) is 16.9. The Labute approximate surface area is 144 Å². The van der Waals surface area contributed by atoms with E-state index in [-0.39, 0.29) is 17.5 Å². The summed E-state index contributed by atoms with van der Waals surface area (Å²) in [6.45, 7) is 1.70. The molecule has 25 heavy (non-hydrogen) atoms. The van der Waals surface area contributed by atoms with Crippen molar-refractivity contribution < 1.29 is 9.21 Å². The molecule has 0 atom stereocenters. The third-order valence-electron chi connectivity index (χ3n) is 4.00. The van der Waals surface area contributed by atoms with Gasteiger partial charge in [0.25, 0.3) is 0 Å². The molecule has 1 aliphatic heterocycles. The molecule has 6 N–H and O–H groups in total. The molecule has 9 heteroatoms. The van der Waals surface area contributed by atoms with Crippen molar-refractivity contribution in [1.29, 1.82) is 0 Å². The zero-order valence-electron chi connectivity index (χ0n) is 13.8. The van der Waals surface area contributed by atoms with Crippen LogP contribution in [0.1, 0.15) is 36.2 Å². The smallest absolute Gasteiger partial charge is 0.302 e. The van der Waals surface area contributed by atoms with Gasteiger partial charge in [0.1, 0.15) is 5.69 Å². The number of hydrogen-bond donors (Lipinski definition) is 3. The second-order valence-corrected chi connectivity index (χ2v) is 5.85. The molecule has 1 saturated heterocycles. The molecule has 0 aromatic carbocycles. The van der Waals surface area contributed by atoms with Crippen LogP contribution in [0.15, 0.2) is 27.8 Å². The predicted octanol–water partition coefficient (Wildman–Crippen LogP) is 1.11. The summed E-state index contributed by atoms with van der Waals surface area (Å²) >= 11 is 0. The predicted molar refractivity (Wildman–Crippen MR) is 95.0 cm³/mol. The number of anilines is 2. The van der Waals surface area contributed by atoms with E-state index in [0.29, 0.717) is 17.3 Å². The van der Waals surface area contributed by atoms with E-state index in [1.165, 1.54) is 19.1 Å². The Morgan fingerprint density at radius 2 is 1.88 bits per heavy atom. The lowest BCUT2D eigenvalue weighted by Crippen LogP contribution is -2.27. The molecule has 3 rings (SSSR count). The van der Waals surface area contributed by atoms with Gasteiger partial charge in [-0.05, 0) is 25.0 Å². The topological polar surface area (TPSA) is 150 Å². The quantitative estimate of drug-likeness (QED) is 0.554. The van der Waals surface area contributed by atoms with Gasteiger partial charge in [0.05, 0.1) is 6.26 Å². The van der Waals surface area contributed by atoms with Crippen LogP contribution in [-0.4, -0.2) is 34.9 Å². The average Bonchev–Trinajstić information content (AvgIpc) is 2.96. The van der Waals surface area contributed by atoms with Gasteiger partial charge < -0.3 is 26.5 Å². The van der Waals surface area contributed by atoms with Crippen molar-refractivity contribution in [2.24, 2.45) is 16.5 Å². The number of nitrogens with zero attached hydrogens (tertiary/aromatic N) is 4. The monoisotopic (exact) mass is 343 g/mol. The zero-order chi connectivity index (χ0) is 17.8. The summed E-state index contributed by atoms with van der Waals surface area (Å²) in [6.07, 6.45) is 6.02. The second kappa shape index (κ2) is 7.20. The van der Waals surface area contributed by atoms with Gasteiger partial charge in [-0.25, -0.2) is 9.97 Å². The van der Waals surface area contributed by atoms with Crippen LogP contribution >= 0.6 is 0 Å². The van der Waals surface area contributed by atoms with Crippen LogP contribution < -0.4 is 22.1 Å². The fourth-order valence-corrected chi connectivity index (χ4v) is 2.85. The Balaban J connectivity index is 2.09. The summed E-state index contributed by atoms with van der Waals surface area (Å²) in [5, 5.41) is 0. The van der Waals surface area contributed by atoms with Gasteiger partial charge >= 0.3 is 5.91 Å². The molecule has 0 aliphatic carbocycles. The molecule has 132 valence electrons. The number of aromatic nitrogens is 2. The molecule has 0 bridgehead atoms. The molecule has 1 amide bonds. The van der Waals surface area contributed by atoms with Crippen LogP contribution in [0.5, 0.6) is 0 Å². The maximum atomic E-state index is 12.2. The van der Waals surface area contributed by atoms with E-state index >= 15 is 0 Å². The summed E-state index contributed by atoms with van der Waals surface area (Å²) in [4.78, 5) is 26.6. The van der Waals surface area contributed by atoms with E-state index in [2.05, 4.69) is 19.9 Å². The van der Waals surface area contributed by atoms with Crippen LogP contribution in [0, 0.1) is 0 Å². The minimum absolute atomic E-state index is 0.00967. The number of furan rings is 1. The fraction of sp³-hybridized carbons (Fsp3) is 0.375. The highest BCUT2D eigenvalue weighted by Gasteiger charge is 2.24. The van der Waals surface area contributed by atoms with Crippen molar-refractivity contribution in [3.05, 3.63) is 24.1 Å². The first kappa shape index (κ1) is 16.7. The molecule has 2 aromatic rings. The van der Waals surface area contributed by atoms with Crippen molar-refractivity contribution >= 4 is 23.5 Å². The van der Waals surface area contributed by atoms with Crippen LogP contribution in [0.25, 0.3) is 11.5 Å². The van der Waals surface area contributed by atoms with E-state index in [9.17, 15) is 4.79 Å². The van der Waals surface area contributed by atoms with Crippen LogP contribution in [0.2, 0.25) is 0 Å². The van der Waals surface area contributed by atoms with Gasteiger partial charge in [-0.1, -0.05) is 12.8 Å². The lowest BCUT2D eigenvalue weighted by Gasteiger charge is -2.23. The lowest BCUT2D eigenvalue weighted by atomic mass is 10.2. The van der Waals surface area contributed by atoms with E-state index in [1.807, 2.05) is 0 Å². The largest absolute Gasteiger partial charge is 0.463 e.